The lowest BCUT2D eigenvalue weighted by molar-refractivity contribution is -0.132. The zero-order chi connectivity index (χ0) is 14.5. The molecule has 0 spiro atoms. The number of benzene rings is 1. The average molecular weight is 280 g/mol. The number of aryl methyl sites for hydroxylation is 1. The van der Waals surface area contributed by atoms with Gasteiger partial charge in [0.05, 0.1) is 7.11 Å². The fourth-order valence-electron chi connectivity index (χ4n) is 2.43. The first-order chi connectivity index (χ1) is 9.60. The Morgan fingerprint density at radius 3 is 3.00 bits per heavy atom. The van der Waals surface area contributed by atoms with Crippen LogP contribution in [0.3, 0.4) is 0 Å². The molecule has 20 heavy (non-hydrogen) atoms. The average Bonchev–Trinajstić information content (AvgIpc) is 2.45. The molecule has 1 N–H and O–H groups in total. The van der Waals surface area contributed by atoms with Crippen LogP contribution in [-0.4, -0.2) is 43.6 Å². The van der Waals surface area contributed by atoms with E-state index < -0.39 is 0 Å². The highest BCUT2D eigenvalue weighted by Crippen LogP contribution is 2.18. The van der Waals surface area contributed by atoms with Crippen LogP contribution < -0.4 is 10.1 Å². The summed E-state index contributed by atoms with van der Waals surface area (Å²) in [6.45, 7) is 4.40. The van der Waals surface area contributed by atoms with Crippen LogP contribution in [0, 0.1) is 5.82 Å². The van der Waals surface area contributed by atoms with Crippen molar-refractivity contribution in [2.45, 2.75) is 25.8 Å². The van der Waals surface area contributed by atoms with Crippen LogP contribution in [0.4, 0.5) is 4.39 Å². The van der Waals surface area contributed by atoms with Crippen LogP contribution in [0.2, 0.25) is 0 Å². The van der Waals surface area contributed by atoms with Crippen LogP contribution in [0.5, 0.6) is 5.75 Å². The molecule has 1 atom stereocenters. The molecule has 0 aromatic heterocycles. The molecule has 0 unspecified atom stereocenters. The molecule has 1 heterocycles. The number of hydrogen-bond acceptors (Lipinski definition) is 3. The van der Waals surface area contributed by atoms with Gasteiger partial charge in [-0.2, -0.15) is 0 Å². The van der Waals surface area contributed by atoms with E-state index in [9.17, 15) is 9.18 Å². The summed E-state index contributed by atoms with van der Waals surface area (Å²) in [4.78, 5) is 14.0. The van der Waals surface area contributed by atoms with E-state index in [1.54, 1.807) is 12.1 Å². The molecule has 110 valence electrons. The molecular formula is C15H21FN2O2. The standard InChI is InChI=1S/C15H21FN2O2/c1-11-10-18(8-7-17-11)15(19)6-4-12-3-5-14(20-2)13(16)9-12/h3,5,9,11,17H,4,6-8,10H2,1-2H3/t11-/m1/s1. The van der Waals surface area contributed by atoms with Crippen molar-refractivity contribution < 1.29 is 13.9 Å². The zero-order valence-electron chi connectivity index (χ0n) is 12.0. The Hall–Kier alpha value is -1.62. The summed E-state index contributed by atoms with van der Waals surface area (Å²) < 4.78 is 18.4. The van der Waals surface area contributed by atoms with Crippen molar-refractivity contribution in [3.05, 3.63) is 29.6 Å². The van der Waals surface area contributed by atoms with Gasteiger partial charge in [-0.1, -0.05) is 6.07 Å². The fourth-order valence-corrected chi connectivity index (χ4v) is 2.43. The highest BCUT2D eigenvalue weighted by atomic mass is 19.1. The Labute approximate surface area is 118 Å². The quantitative estimate of drug-likeness (QED) is 0.910. The van der Waals surface area contributed by atoms with Gasteiger partial charge in [-0.05, 0) is 31.0 Å². The van der Waals surface area contributed by atoms with E-state index in [1.807, 2.05) is 4.90 Å². The summed E-state index contributed by atoms with van der Waals surface area (Å²) >= 11 is 0. The second kappa shape index (κ2) is 6.70. The van der Waals surface area contributed by atoms with Gasteiger partial charge < -0.3 is 15.0 Å². The molecule has 1 amide bonds. The van der Waals surface area contributed by atoms with Crippen molar-refractivity contribution in [3.8, 4) is 5.75 Å². The van der Waals surface area contributed by atoms with Gasteiger partial charge in [-0.15, -0.1) is 0 Å². The third-order valence-electron chi connectivity index (χ3n) is 3.57. The topological polar surface area (TPSA) is 41.6 Å². The zero-order valence-corrected chi connectivity index (χ0v) is 12.0. The summed E-state index contributed by atoms with van der Waals surface area (Å²) in [6, 6.07) is 5.18. The monoisotopic (exact) mass is 280 g/mol. The summed E-state index contributed by atoms with van der Waals surface area (Å²) in [5.41, 5.74) is 0.819. The van der Waals surface area contributed by atoms with Crippen molar-refractivity contribution in [3.63, 3.8) is 0 Å². The molecule has 1 aliphatic heterocycles. The fraction of sp³-hybridized carbons (Fsp3) is 0.533. The number of halogens is 1. The normalized spacial score (nSPS) is 18.9. The molecule has 1 aromatic carbocycles. The molecule has 1 aliphatic rings. The number of piperazine rings is 1. The summed E-state index contributed by atoms with van der Waals surface area (Å²) in [7, 11) is 1.44. The van der Waals surface area contributed by atoms with E-state index in [-0.39, 0.29) is 17.5 Å². The number of nitrogens with zero attached hydrogens (tertiary/aromatic N) is 1. The van der Waals surface area contributed by atoms with Gasteiger partial charge >= 0.3 is 0 Å². The maximum Gasteiger partial charge on any atom is 0.222 e. The Bertz CT molecular complexity index is 479. The number of amides is 1. The van der Waals surface area contributed by atoms with Crippen LogP contribution in [-0.2, 0) is 11.2 Å². The van der Waals surface area contributed by atoms with E-state index >= 15 is 0 Å². The molecule has 2 rings (SSSR count). The number of carbonyl (C=O) groups is 1. The van der Waals surface area contributed by atoms with Crippen molar-refractivity contribution >= 4 is 5.91 Å². The molecular weight excluding hydrogens is 259 g/mol. The van der Waals surface area contributed by atoms with Crippen LogP contribution >= 0.6 is 0 Å². The molecule has 1 fully saturated rings. The third kappa shape index (κ3) is 3.70. The lowest BCUT2D eigenvalue weighted by atomic mass is 10.1. The van der Waals surface area contributed by atoms with Crippen molar-refractivity contribution in [1.29, 1.82) is 0 Å². The van der Waals surface area contributed by atoms with E-state index in [1.165, 1.54) is 13.2 Å². The van der Waals surface area contributed by atoms with Gasteiger partial charge in [-0.3, -0.25) is 4.79 Å². The number of rotatable bonds is 4. The lowest BCUT2D eigenvalue weighted by Gasteiger charge is -2.32. The van der Waals surface area contributed by atoms with E-state index in [4.69, 9.17) is 4.74 Å². The minimum atomic E-state index is -0.381. The summed E-state index contributed by atoms with van der Waals surface area (Å²) in [6.07, 6.45) is 0.969. The molecule has 1 saturated heterocycles. The first-order valence-corrected chi connectivity index (χ1v) is 6.93. The number of carbonyl (C=O) groups excluding carboxylic acids is 1. The Morgan fingerprint density at radius 1 is 1.55 bits per heavy atom. The second-order valence-corrected chi connectivity index (χ2v) is 5.16. The number of hydrogen-bond donors (Lipinski definition) is 1. The molecule has 0 aliphatic carbocycles. The van der Waals surface area contributed by atoms with Crippen LogP contribution in [0.1, 0.15) is 18.9 Å². The molecule has 1 aromatic rings. The highest BCUT2D eigenvalue weighted by Gasteiger charge is 2.20. The van der Waals surface area contributed by atoms with E-state index in [0.717, 1.165) is 25.2 Å². The predicted octanol–water partition coefficient (Wildman–Crippen LogP) is 1.59. The lowest BCUT2D eigenvalue weighted by Crippen LogP contribution is -2.51. The minimum absolute atomic E-state index is 0.134. The first kappa shape index (κ1) is 14.8. The minimum Gasteiger partial charge on any atom is -0.494 e. The number of ether oxygens (including phenoxy) is 1. The smallest absolute Gasteiger partial charge is 0.222 e. The largest absolute Gasteiger partial charge is 0.494 e. The van der Waals surface area contributed by atoms with Crippen molar-refractivity contribution in [2.24, 2.45) is 0 Å². The van der Waals surface area contributed by atoms with Crippen molar-refractivity contribution in [1.82, 2.24) is 10.2 Å². The van der Waals surface area contributed by atoms with Gasteiger partial charge in [0.1, 0.15) is 0 Å². The summed E-state index contributed by atoms with van der Waals surface area (Å²) in [5.74, 6) is -0.0150. The first-order valence-electron chi connectivity index (χ1n) is 6.93. The number of nitrogens with one attached hydrogen (secondary N) is 1. The molecule has 4 nitrogen and oxygen atoms in total. The maximum absolute atomic E-state index is 13.6. The van der Waals surface area contributed by atoms with Gasteiger partial charge in [-0.25, -0.2) is 4.39 Å². The maximum atomic E-state index is 13.6. The molecule has 0 radical (unpaired) electrons. The predicted molar refractivity (Wildman–Crippen MR) is 75.3 cm³/mol. The van der Waals surface area contributed by atoms with E-state index in [2.05, 4.69) is 12.2 Å². The van der Waals surface area contributed by atoms with Crippen LogP contribution in [0.25, 0.3) is 0 Å². The van der Waals surface area contributed by atoms with Gasteiger partial charge in [0.15, 0.2) is 11.6 Å². The van der Waals surface area contributed by atoms with Gasteiger partial charge in [0.2, 0.25) is 5.91 Å². The Morgan fingerprint density at radius 2 is 2.35 bits per heavy atom. The van der Waals surface area contributed by atoms with Crippen molar-refractivity contribution in [2.75, 3.05) is 26.7 Å². The Balaban J connectivity index is 1.88. The van der Waals surface area contributed by atoms with Gasteiger partial charge in [0, 0.05) is 32.1 Å². The third-order valence-corrected chi connectivity index (χ3v) is 3.57. The second-order valence-electron chi connectivity index (χ2n) is 5.16. The van der Waals surface area contributed by atoms with Gasteiger partial charge in [0.25, 0.3) is 0 Å². The molecule has 5 heteroatoms. The highest BCUT2D eigenvalue weighted by molar-refractivity contribution is 5.76. The summed E-state index contributed by atoms with van der Waals surface area (Å²) in [5, 5.41) is 3.30. The Kier molecular flexibility index (Phi) is 4.95. The molecule has 0 bridgehead atoms. The SMILES string of the molecule is COc1ccc(CCC(=O)N2CCN[C@H](C)C2)cc1F. The van der Waals surface area contributed by atoms with Crippen LogP contribution in [0.15, 0.2) is 18.2 Å². The molecule has 0 saturated carbocycles. The number of methoxy groups -OCH3 is 1. The van der Waals surface area contributed by atoms with E-state index in [0.29, 0.717) is 18.9 Å².